The van der Waals surface area contributed by atoms with Crippen LogP contribution in [0.1, 0.15) is 40.5 Å². The number of anilines is 2. The molecule has 0 heterocycles. The second kappa shape index (κ2) is 6.41. The molecule has 0 unspecified atom stereocenters. The van der Waals surface area contributed by atoms with E-state index in [1.165, 1.54) is 0 Å². The van der Waals surface area contributed by atoms with Crippen molar-refractivity contribution in [1.82, 2.24) is 0 Å². The minimum Gasteiger partial charge on any atom is -0.380 e. The van der Waals surface area contributed by atoms with Gasteiger partial charge in [0.1, 0.15) is 11.4 Å². The van der Waals surface area contributed by atoms with Gasteiger partial charge in [-0.1, -0.05) is 19.9 Å². The van der Waals surface area contributed by atoms with Crippen LogP contribution in [-0.4, -0.2) is 17.0 Å². The molecule has 0 saturated carbocycles. The van der Waals surface area contributed by atoms with Crippen molar-refractivity contribution in [2.24, 2.45) is 0 Å². The largest absolute Gasteiger partial charge is 0.380 e. The molecule has 1 rings (SSSR count). The molecule has 19 heavy (non-hydrogen) atoms. The Hall–Kier alpha value is -1.78. The number of nitro benzene ring substituents is 1. The average Bonchev–Trinajstić information content (AvgIpc) is 2.39. The molecule has 1 aromatic rings. The Kier molecular flexibility index (Phi) is 5.15. The maximum atomic E-state index is 11.3. The van der Waals surface area contributed by atoms with Crippen LogP contribution in [0.25, 0.3) is 0 Å². The van der Waals surface area contributed by atoms with Gasteiger partial charge in [0, 0.05) is 12.1 Å². The van der Waals surface area contributed by atoms with Gasteiger partial charge in [-0.15, -0.1) is 0 Å². The van der Waals surface area contributed by atoms with E-state index in [1.807, 2.05) is 13.0 Å². The van der Waals surface area contributed by atoms with E-state index in [1.54, 1.807) is 12.1 Å². The fourth-order valence-corrected chi connectivity index (χ4v) is 1.93. The number of benzene rings is 1. The molecule has 0 aliphatic rings. The van der Waals surface area contributed by atoms with E-state index in [0.717, 1.165) is 12.8 Å². The average molecular weight is 265 g/mol. The molecule has 0 aliphatic heterocycles. The lowest BCUT2D eigenvalue weighted by molar-refractivity contribution is -0.383. The lowest BCUT2D eigenvalue weighted by Gasteiger charge is -2.29. The van der Waals surface area contributed by atoms with Crippen LogP contribution in [0.3, 0.4) is 0 Å². The monoisotopic (exact) mass is 265 g/mol. The zero-order valence-corrected chi connectivity index (χ0v) is 12.1. The van der Waals surface area contributed by atoms with Gasteiger partial charge in [0.05, 0.1) is 4.92 Å². The van der Waals surface area contributed by atoms with Crippen molar-refractivity contribution in [3.05, 3.63) is 28.3 Å². The molecule has 5 heteroatoms. The Balaban J connectivity index is 3.20. The van der Waals surface area contributed by atoms with Gasteiger partial charge < -0.3 is 10.6 Å². The molecular weight excluding hydrogens is 242 g/mol. The van der Waals surface area contributed by atoms with Gasteiger partial charge in [0.2, 0.25) is 0 Å². The fourth-order valence-electron chi connectivity index (χ4n) is 1.93. The molecule has 0 aliphatic carbocycles. The Morgan fingerprint density at radius 2 is 1.79 bits per heavy atom. The molecule has 1 aromatic carbocycles. The molecule has 0 bridgehead atoms. The Morgan fingerprint density at radius 1 is 1.21 bits per heavy atom. The molecule has 106 valence electrons. The van der Waals surface area contributed by atoms with Crippen LogP contribution >= 0.6 is 0 Å². The third kappa shape index (κ3) is 3.59. The number of rotatable bonds is 7. The second-order valence-corrected chi connectivity index (χ2v) is 4.88. The van der Waals surface area contributed by atoms with Crippen molar-refractivity contribution in [3.8, 4) is 0 Å². The highest BCUT2D eigenvalue weighted by Gasteiger charge is 2.25. The van der Waals surface area contributed by atoms with Crippen molar-refractivity contribution >= 4 is 17.1 Å². The van der Waals surface area contributed by atoms with Crippen molar-refractivity contribution < 1.29 is 4.92 Å². The summed E-state index contributed by atoms with van der Waals surface area (Å²) < 4.78 is 0. The molecule has 0 atom stereocenters. The summed E-state index contributed by atoms with van der Waals surface area (Å²) in [7, 11) is 0. The van der Waals surface area contributed by atoms with Crippen LogP contribution in [0, 0.1) is 10.1 Å². The third-order valence-corrected chi connectivity index (χ3v) is 3.58. The van der Waals surface area contributed by atoms with Gasteiger partial charge in [-0.05, 0) is 38.8 Å². The zero-order chi connectivity index (χ0) is 14.5. The quantitative estimate of drug-likeness (QED) is 0.577. The van der Waals surface area contributed by atoms with Gasteiger partial charge in [0.15, 0.2) is 0 Å². The summed E-state index contributed by atoms with van der Waals surface area (Å²) in [4.78, 5) is 11.0. The minimum atomic E-state index is -0.327. The van der Waals surface area contributed by atoms with Gasteiger partial charge in [-0.3, -0.25) is 10.1 Å². The summed E-state index contributed by atoms with van der Waals surface area (Å²) in [5.41, 5.74) is 1.13. The summed E-state index contributed by atoms with van der Waals surface area (Å²) in [5, 5.41) is 17.7. The molecule has 5 nitrogen and oxygen atoms in total. The first-order chi connectivity index (χ1) is 8.97. The van der Waals surface area contributed by atoms with E-state index < -0.39 is 0 Å². The molecule has 0 radical (unpaired) electrons. The van der Waals surface area contributed by atoms with Gasteiger partial charge in [-0.2, -0.15) is 0 Å². The van der Waals surface area contributed by atoms with E-state index in [-0.39, 0.29) is 16.1 Å². The van der Waals surface area contributed by atoms with Crippen LogP contribution < -0.4 is 10.6 Å². The Morgan fingerprint density at radius 3 is 2.26 bits per heavy atom. The zero-order valence-electron chi connectivity index (χ0n) is 12.1. The van der Waals surface area contributed by atoms with Gasteiger partial charge in [-0.25, -0.2) is 0 Å². The highest BCUT2D eigenvalue weighted by Crippen LogP contribution is 2.35. The minimum absolute atomic E-state index is 0.123. The van der Waals surface area contributed by atoms with Crippen molar-refractivity contribution in [2.45, 2.75) is 46.1 Å². The number of nitro groups is 1. The summed E-state index contributed by atoms with van der Waals surface area (Å²) in [5.74, 6) is 0. The van der Waals surface area contributed by atoms with Crippen LogP contribution in [0.4, 0.5) is 17.1 Å². The smallest absolute Gasteiger partial charge is 0.315 e. The summed E-state index contributed by atoms with van der Waals surface area (Å²) in [6, 6.07) is 5.34. The fraction of sp³-hybridized carbons (Fsp3) is 0.571. The molecule has 0 amide bonds. The molecular formula is C14H23N3O2. The second-order valence-electron chi connectivity index (χ2n) is 4.88. The highest BCUT2D eigenvalue weighted by atomic mass is 16.6. The SMILES string of the molecule is CCNc1cccc(NC(C)(CC)CC)c1[N+](=O)[O-]. The van der Waals surface area contributed by atoms with Crippen LogP contribution in [-0.2, 0) is 0 Å². The van der Waals surface area contributed by atoms with Crippen molar-refractivity contribution in [2.75, 3.05) is 17.2 Å². The lowest BCUT2D eigenvalue weighted by Crippen LogP contribution is -2.33. The van der Waals surface area contributed by atoms with Crippen molar-refractivity contribution in [1.29, 1.82) is 0 Å². The van der Waals surface area contributed by atoms with Crippen molar-refractivity contribution in [3.63, 3.8) is 0 Å². The summed E-state index contributed by atoms with van der Waals surface area (Å²) in [6.45, 7) is 8.82. The molecule has 0 fully saturated rings. The first kappa shape index (κ1) is 15.3. The predicted octanol–water partition coefficient (Wildman–Crippen LogP) is 4.02. The summed E-state index contributed by atoms with van der Waals surface area (Å²) >= 11 is 0. The number of hydrogen-bond acceptors (Lipinski definition) is 4. The van der Waals surface area contributed by atoms with E-state index in [4.69, 9.17) is 0 Å². The van der Waals surface area contributed by atoms with Gasteiger partial charge in [0.25, 0.3) is 0 Å². The first-order valence-electron chi connectivity index (χ1n) is 6.76. The third-order valence-electron chi connectivity index (χ3n) is 3.58. The number of hydrogen-bond donors (Lipinski definition) is 2. The lowest BCUT2D eigenvalue weighted by atomic mass is 9.95. The normalized spacial score (nSPS) is 11.2. The number of nitrogens with one attached hydrogen (secondary N) is 2. The highest BCUT2D eigenvalue weighted by molar-refractivity contribution is 5.76. The first-order valence-corrected chi connectivity index (χ1v) is 6.76. The Bertz CT molecular complexity index is 442. The molecule has 0 aromatic heterocycles. The maximum Gasteiger partial charge on any atom is 0.315 e. The van der Waals surface area contributed by atoms with E-state index in [9.17, 15) is 10.1 Å². The van der Waals surface area contributed by atoms with Crippen LogP contribution in [0.2, 0.25) is 0 Å². The molecule has 2 N–H and O–H groups in total. The number of para-hydroxylation sites is 1. The van der Waals surface area contributed by atoms with E-state index in [2.05, 4.69) is 31.4 Å². The predicted molar refractivity (Wildman–Crippen MR) is 79.9 cm³/mol. The molecule has 0 saturated heterocycles. The Labute approximate surface area is 114 Å². The summed E-state index contributed by atoms with van der Waals surface area (Å²) in [6.07, 6.45) is 1.82. The van der Waals surface area contributed by atoms with E-state index in [0.29, 0.717) is 17.9 Å². The van der Waals surface area contributed by atoms with E-state index >= 15 is 0 Å². The van der Waals surface area contributed by atoms with Gasteiger partial charge >= 0.3 is 5.69 Å². The topological polar surface area (TPSA) is 67.2 Å². The standard InChI is InChI=1S/C14H23N3O2/c1-5-14(4,6-2)16-12-10-8-9-11(15-7-3)13(12)17(18)19/h8-10,15-16H,5-7H2,1-4H3. The van der Waals surface area contributed by atoms with Crippen LogP contribution in [0.15, 0.2) is 18.2 Å². The maximum absolute atomic E-state index is 11.3. The molecule has 0 spiro atoms. The number of nitrogens with zero attached hydrogens (tertiary/aromatic N) is 1. The van der Waals surface area contributed by atoms with Crippen LogP contribution in [0.5, 0.6) is 0 Å².